The maximum Gasteiger partial charge on any atom is 0.326 e. The Morgan fingerprint density at radius 1 is 1.14 bits per heavy atom. The topological polar surface area (TPSA) is 66.4 Å². The number of hydrogen-bond donors (Lipinski definition) is 2. The molecule has 4 heteroatoms. The predicted molar refractivity (Wildman–Crippen MR) is 53.9 cm³/mol. The van der Waals surface area contributed by atoms with Gasteiger partial charge in [-0.1, -0.05) is 20.8 Å². The van der Waals surface area contributed by atoms with Crippen LogP contribution >= 0.6 is 0 Å². The van der Waals surface area contributed by atoms with Crippen molar-refractivity contribution in [2.45, 2.75) is 46.1 Å². The van der Waals surface area contributed by atoms with E-state index in [9.17, 15) is 9.59 Å². The van der Waals surface area contributed by atoms with Gasteiger partial charge in [0.05, 0.1) is 0 Å². The second-order valence-electron chi connectivity index (χ2n) is 3.32. The van der Waals surface area contributed by atoms with Gasteiger partial charge in [-0.25, -0.2) is 4.79 Å². The molecule has 82 valence electrons. The molecule has 1 atom stereocenters. The van der Waals surface area contributed by atoms with Gasteiger partial charge in [0.15, 0.2) is 0 Å². The van der Waals surface area contributed by atoms with Crippen molar-refractivity contribution in [2.24, 2.45) is 5.92 Å². The molecule has 0 spiro atoms. The van der Waals surface area contributed by atoms with E-state index in [4.69, 9.17) is 5.11 Å². The first-order valence-electron chi connectivity index (χ1n) is 5.09. The molecule has 0 fully saturated rings. The Labute approximate surface area is 84.7 Å². The Morgan fingerprint density at radius 3 is 1.93 bits per heavy atom. The first-order chi connectivity index (χ1) is 6.56. The van der Waals surface area contributed by atoms with Gasteiger partial charge in [0, 0.05) is 5.92 Å². The molecule has 0 aromatic carbocycles. The number of carbonyl (C=O) groups is 2. The second-order valence-corrected chi connectivity index (χ2v) is 3.32. The Kier molecular flexibility index (Phi) is 5.92. The molecule has 0 radical (unpaired) electrons. The lowest BCUT2D eigenvalue weighted by molar-refractivity contribution is -0.142. The summed E-state index contributed by atoms with van der Waals surface area (Å²) in [5.74, 6) is -1.18. The fourth-order valence-corrected chi connectivity index (χ4v) is 1.29. The SMILES string of the molecule is CCC(CC)C(=O)NC(CC)C(=O)O. The monoisotopic (exact) mass is 201 g/mol. The minimum atomic E-state index is -0.966. The maximum atomic E-state index is 11.5. The van der Waals surface area contributed by atoms with Crippen LogP contribution in [0.1, 0.15) is 40.0 Å². The lowest BCUT2D eigenvalue weighted by atomic mass is 10.0. The van der Waals surface area contributed by atoms with Gasteiger partial charge in [-0.05, 0) is 19.3 Å². The van der Waals surface area contributed by atoms with Crippen molar-refractivity contribution in [3.8, 4) is 0 Å². The van der Waals surface area contributed by atoms with Gasteiger partial charge in [-0.15, -0.1) is 0 Å². The Bertz CT molecular complexity index is 200. The number of nitrogens with one attached hydrogen (secondary N) is 1. The predicted octanol–water partition coefficient (Wildman–Crippen LogP) is 1.40. The van der Waals surface area contributed by atoms with Gasteiger partial charge in [0.1, 0.15) is 6.04 Å². The summed E-state index contributed by atoms with van der Waals surface area (Å²) in [6, 6.07) is -0.747. The number of carbonyl (C=O) groups excluding carboxylic acids is 1. The summed E-state index contributed by atoms with van der Waals surface area (Å²) in [6.07, 6.45) is 1.91. The third kappa shape index (κ3) is 3.77. The van der Waals surface area contributed by atoms with Crippen LogP contribution in [0.5, 0.6) is 0 Å². The van der Waals surface area contributed by atoms with Crippen LogP contribution in [-0.2, 0) is 9.59 Å². The molecular formula is C10H19NO3. The molecule has 0 saturated heterocycles. The third-order valence-corrected chi connectivity index (χ3v) is 2.38. The van der Waals surface area contributed by atoms with Crippen LogP contribution in [0.2, 0.25) is 0 Å². The molecule has 0 aliphatic carbocycles. The van der Waals surface area contributed by atoms with E-state index < -0.39 is 12.0 Å². The molecule has 0 aliphatic heterocycles. The zero-order valence-electron chi connectivity index (χ0n) is 9.04. The smallest absolute Gasteiger partial charge is 0.326 e. The quantitative estimate of drug-likeness (QED) is 0.682. The second kappa shape index (κ2) is 6.40. The Hall–Kier alpha value is -1.06. The fraction of sp³-hybridized carbons (Fsp3) is 0.800. The summed E-state index contributed by atoms with van der Waals surface area (Å²) in [5.41, 5.74) is 0. The first-order valence-corrected chi connectivity index (χ1v) is 5.09. The summed E-state index contributed by atoms with van der Waals surface area (Å²) in [7, 11) is 0. The lowest BCUT2D eigenvalue weighted by Gasteiger charge is -2.16. The number of carboxylic acids is 1. The summed E-state index contributed by atoms with van der Waals surface area (Å²) in [6.45, 7) is 5.59. The van der Waals surface area contributed by atoms with Crippen LogP contribution in [0, 0.1) is 5.92 Å². The van der Waals surface area contributed by atoms with Crippen LogP contribution in [0.25, 0.3) is 0 Å². The molecule has 4 nitrogen and oxygen atoms in total. The average molecular weight is 201 g/mol. The fourth-order valence-electron chi connectivity index (χ4n) is 1.29. The van der Waals surface area contributed by atoms with Gasteiger partial charge in [0.2, 0.25) is 5.91 Å². The van der Waals surface area contributed by atoms with Crippen LogP contribution in [-0.4, -0.2) is 23.0 Å². The van der Waals surface area contributed by atoms with E-state index in [2.05, 4.69) is 5.32 Å². The molecular weight excluding hydrogens is 182 g/mol. The maximum absolute atomic E-state index is 11.5. The molecule has 0 bridgehead atoms. The van der Waals surface area contributed by atoms with Gasteiger partial charge in [0.25, 0.3) is 0 Å². The highest BCUT2D eigenvalue weighted by molar-refractivity contribution is 5.84. The van der Waals surface area contributed by atoms with Gasteiger partial charge >= 0.3 is 5.97 Å². The molecule has 2 N–H and O–H groups in total. The first kappa shape index (κ1) is 12.9. The highest BCUT2D eigenvalue weighted by Crippen LogP contribution is 2.08. The van der Waals surface area contributed by atoms with Crippen molar-refractivity contribution in [3.05, 3.63) is 0 Å². The molecule has 1 unspecified atom stereocenters. The van der Waals surface area contributed by atoms with Crippen molar-refractivity contribution in [1.29, 1.82) is 0 Å². The summed E-state index contributed by atoms with van der Waals surface area (Å²) in [4.78, 5) is 22.2. The average Bonchev–Trinajstić information content (AvgIpc) is 2.15. The van der Waals surface area contributed by atoms with Gasteiger partial charge in [-0.3, -0.25) is 4.79 Å². The van der Waals surface area contributed by atoms with Crippen LogP contribution in [0.15, 0.2) is 0 Å². The number of hydrogen-bond acceptors (Lipinski definition) is 2. The van der Waals surface area contributed by atoms with Crippen molar-refractivity contribution in [1.82, 2.24) is 5.32 Å². The minimum absolute atomic E-state index is 0.0663. The van der Waals surface area contributed by atoms with Gasteiger partial charge < -0.3 is 10.4 Å². The number of rotatable bonds is 6. The zero-order chi connectivity index (χ0) is 11.1. The van der Waals surface area contributed by atoms with E-state index in [1.165, 1.54) is 0 Å². The highest BCUT2D eigenvalue weighted by Gasteiger charge is 2.21. The standard InChI is InChI=1S/C10H19NO3/c1-4-7(5-2)9(12)11-8(6-3)10(13)14/h7-8H,4-6H2,1-3H3,(H,11,12)(H,13,14). The molecule has 1 amide bonds. The van der Waals surface area contributed by atoms with Crippen LogP contribution in [0.4, 0.5) is 0 Å². The molecule has 0 saturated carbocycles. The largest absolute Gasteiger partial charge is 0.480 e. The van der Waals surface area contributed by atoms with Gasteiger partial charge in [-0.2, -0.15) is 0 Å². The Morgan fingerprint density at radius 2 is 1.64 bits per heavy atom. The molecule has 0 aliphatic rings. The lowest BCUT2D eigenvalue weighted by Crippen LogP contribution is -2.43. The number of amides is 1. The Balaban J connectivity index is 4.20. The van der Waals surface area contributed by atoms with Crippen molar-refractivity contribution >= 4 is 11.9 Å². The van der Waals surface area contributed by atoms with E-state index in [0.29, 0.717) is 6.42 Å². The third-order valence-electron chi connectivity index (χ3n) is 2.38. The van der Waals surface area contributed by atoms with E-state index in [1.54, 1.807) is 6.92 Å². The van der Waals surface area contributed by atoms with Crippen LogP contribution in [0.3, 0.4) is 0 Å². The van der Waals surface area contributed by atoms with Crippen LogP contribution < -0.4 is 5.32 Å². The summed E-state index contributed by atoms with van der Waals surface area (Å²) in [5, 5.41) is 11.3. The van der Waals surface area contributed by atoms with E-state index in [-0.39, 0.29) is 11.8 Å². The highest BCUT2D eigenvalue weighted by atomic mass is 16.4. The molecule has 0 heterocycles. The summed E-state index contributed by atoms with van der Waals surface area (Å²) >= 11 is 0. The number of carboxylic acid groups (broad SMARTS) is 1. The normalized spacial score (nSPS) is 12.6. The molecule has 14 heavy (non-hydrogen) atoms. The van der Waals surface area contributed by atoms with Crippen molar-refractivity contribution in [3.63, 3.8) is 0 Å². The van der Waals surface area contributed by atoms with Crippen molar-refractivity contribution in [2.75, 3.05) is 0 Å². The minimum Gasteiger partial charge on any atom is -0.480 e. The molecule has 0 aromatic heterocycles. The van der Waals surface area contributed by atoms with E-state index in [0.717, 1.165) is 12.8 Å². The van der Waals surface area contributed by atoms with E-state index >= 15 is 0 Å². The zero-order valence-corrected chi connectivity index (χ0v) is 9.04. The van der Waals surface area contributed by atoms with E-state index in [1.807, 2.05) is 13.8 Å². The number of aliphatic carboxylic acids is 1. The molecule has 0 rings (SSSR count). The molecule has 0 aromatic rings. The summed E-state index contributed by atoms with van der Waals surface area (Å²) < 4.78 is 0. The van der Waals surface area contributed by atoms with Crippen molar-refractivity contribution < 1.29 is 14.7 Å².